The molecule has 1 aromatic carbocycles. The molecule has 4 rings (SSSR count). The summed E-state index contributed by atoms with van der Waals surface area (Å²) in [4.78, 5) is 42.9. The minimum atomic E-state index is -0.153. The first kappa shape index (κ1) is 21.6. The highest BCUT2D eigenvalue weighted by molar-refractivity contribution is 6.24. The lowest BCUT2D eigenvalue weighted by Gasteiger charge is -2.34. The van der Waals surface area contributed by atoms with Crippen LogP contribution in [0.1, 0.15) is 78.5 Å². The summed E-state index contributed by atoms with van der Waals surface area (Å²) >= 11 is 0. The minimum Gasteiger partial charge on any atom is -0.370 e. The number of piperidine rings is 1. The van der Waals surface area contributed by atoms with Crippen molar-refractivity contribution in [3.63, 3.8) is 0 Å². The fourth-order valence-electron chi connectivity index (χ4n) is 5.30. The first-order valence-electron chi connectivity index (χ1n) is 11.8. The van der Waals surface area contributed by atoms with Gasteiger partial charge in [-0.3, -0.25) is 19.3 Å². The van der Waals surface area contributed by atoms with Crippen LogP contribution >= 0.6 is 0 Å². The summed E-state index contributed by atoms with van der Waals surface area (Å²) in [5.41, 5.74) is 1.84. The van der Waals surface area contributed by atoms with Crippen LogP contribution < -0.4 is 10.2 Å². The maximum absolute atomic E-state index is 13.5. The van der Waals surface area contributed by atoms with Crippen LogP contribution in [0.25, 0.3) is 0 Å². The highest BCUT2D eigenvalue weighted by Crippen LogP contribution is 2.36. The monoisotopic (exact) mass is 423 g/mol. The number of hydrogen-bond donors (Lipinski definition) is 1. The number of carbonyl (C=O) groups excluding carboxylic acids is 3. The molecule has 2 heterocycles. The average Bonchev–Trinajstić information content (AvgIpc) is 3.02. The quantitative estimate of drug-likeness (QED) is 0.576. The lowest BCUT2D eigenvalue weighted by atomic mass is 9.95. The first-order chi connectivity index (χ1) is 15.1. The molecule has 1 saturated heterocycles. The molecule has 31 heavy (non-hydrogen) atoms. The summed E-state index contributed by atoms with van der Waals surface area (Å²) in [7, 11) is 0. The number of amides is 3. The van der Waals surface area contributed by atoms with Gasteiger partial charge in [0.15, 0.2) is 0 Å². The van der Waals surface area contributed by atoms with Crippen LogP contribution in [0.3, 0.4) is 0 Å². The van der Waals surface area contributed by atoms with Crippen LogP contribution in [0.4, 0.5) is 5.69 Å². The van der Waals surface area contributed by atoms with Gasteiger partial charge in [-0.05, 0) is 37.8 Å². The second kappa shape index (κ2) is 9.67. The minimum absolute atomic E-state index is 0.000615. The number of imide groups is 1. The van der Waals surface area contributed by atoms with Crippen molar-refractivity contribution < 1.29 is 14.4 Å². The summed E-state index contributed by atoms with van der Waals surface area (Å²) in [6.07, 6.45) is 10.9. The number of nitrogens with zero attached hydrogens (tertiary/aromatic N) is 2. The van der Waals surface area contributed by atoms with Crippen molar-refractivity contribution >= 4 is 23.4 Å². The molecular formula is C25H33N3O3. The Bertz CT molecular complexity index is 858. The third kappa shape index (κ3) is 4.39. The standard InChI is InChI=1S/C25H33N3O3/c1-2-15-26-23(29)18-10-9-16-27(17-18)21-14-8-13-20-22(21)25(31)28(24(20)30)19-11-6-4-3-5-7-12-19/h2,8,13-14,18-19H,1,3-7,9-12,15-17H2,(H,26,29). The van der Waals surface area contributed by atoms with Crippen molar-refractivity contribution in [2.24, 2.45) is 5.92 Å². The Morgan fingerprint density at radius 1 is 1.03 bits per heavy atom. The van der Waals surface area contributed by atoms with E-state index in [-0.39, 0.29) is 29.7 Å². The molecule has 1 atom stereocenters. The number of benzene rings is 1. The molecule has 0 bridgehead atoms. The molecule has 0 aromatic heterocycles. The molecule has 1 aromatic rings. The smallest absolute Gasteiger partial charge is 0.263 e. The molecule has 6 heteroatoms. The average molecular weight is 424 g/mol. The van der Waals surface area contributed by atoms with Crippen LogP contribution in [0, 0.1) is 5.92 Å². The SMILES string of the molecule is C=CCNC(=O)C1CCCN(c2cccc3c2C(=O)N(C2CCCCCCC2)C3=O)C1. The Morgan fingerprint density at radius 2 is 1.77 bits per heavy atom. The van der Waals surface area contributed by atoms with E-state index in [0.717, 1.165) is 50.8 Å². The van der Waals surface area contributed by atoms with E-state index < -0.39 is 0 Å². The van der Waals surface area contributed by atoms with Crippen LogP contribution in [0.5, 0.6) is 0 Å². The molecule has 0 spiro atoms. The third-order valence-corrected chi connectivity index (χ3v) is 6.92. The molecule has 1 N–H and O–H groups in total. The fraction of sp³-hybridized carbons (Fsp3) is 0.560. The van der Waals surface area contributed by atoms with Crippen molar-refractivity contribution in [2.45, 2.75) is 63.8 Å². The van der Waals surface area contributed by atoms with Gasteiger partial charge in [0, 0.05) is 25.7 Å². The highest BCUT2D eigenvalue weighted by atomic mass is 16.2. The van der Waals surface area contributed by atoms with E-state index in [9.17, 15) is 14.4 Å². The van der Waals surface area contributed by atoms with Crippen LogP contribution in [0.2, 0.25) is 0 Å². The Hall–Kier alpha value is -2.63. The lowest BCUT2D eigenvalue weighted by Crippen LogP contribution is -2.44. The van der Waals surface area contributed by atoms with Gasteiger partial charge in [-0.1, -0.05) is 44.2 Å². The molecule has 3 aliphatic rings. The van der Waals surface area contributed by atoms with E-state index in [4.69, 9.17) is 0 Å². The van der Waals surface area contributed by atoms with Gasteiger partial charge >= 0.3 is 0 Å². The predicted octanol–water partition coefficient (Wildman–Crippen LogP) is 3.91. The Kier molecular flexibility index (Phi) is 6.73. The van der Waals surface area contributed by atoms with Crippen molar-refractivity contribution in [2.75, 3.05) is 24.5 Å². The Balaban J connectivity index is 1.57. The second-order valence-electron chi connectivity index (χ2n) is 9.00. The zero-order valence-corrected chi connectivity index (χ0v) is 18.3. The van der Waals surface area contributed by atoms with E-state index in [1.165, 1.54) is 24.2 Å². The van der Waals surface area contributed by atoms with Gasteiger partial charge in [0.2, 0.25) is 5.91 Å². The molecule has 0 radical (unpaired) electrons. The normalized spacial score (nSPS) is 22.6. The summed E-state index contributed by atoms with van der Waals surface area (Å²) in [6.45, 7) is 5.45. The van der Waals surface area contributed by atoms with E-state index in [2.05, 4.69) is 16.8 Å². The lowest BCUT2D eigenvalue weighted by molar-refractivity contribution is -0.125. The number of carbonyl (C=O) groups is 3. The molecule has 2 fully saturated rings. The predicted molar refractivity (Wildman–Crippen MR) is 121 cm³/mol. The maximum Gasteiger partial charge on any atom is 0.263 e. The third-order valence-electron chi connectivity index (χ3n) is 6.92. The molecule has 1 unspecified atom stereocenters. The topological polar surface area (TPSA) is 69.7 Å². The zero-order chi connectivity index (χ0) is 21.8. The number of fused-ring (bicyclic) bond motifs is 1. The summed E-state index contributed by atoms with van der Waals surface area (Å²) in [5.74, 6) is -0.404. The maximum atomic E-state index is 13.5. The fourth-order valence-corrected chi connectivity index (χ4v) is 5.30. The number of rotatable bonds is 5. The van der Waals surface area contributed by atoms with E-state index in [0.29, 0.717) is 24.2 Å². The molecule has 1 saturated carbocycles. The summed E-state index contributed by atoms with van der Waals surface area (Å²) in [5, 5.41) is 2.89. The number of nitrogens with one attached hydrogen (secondary N) is 1. The van der Waals surface area contributed by atoms with Gasteiger partial charge in [0.05, 0.1) is 22.7 Å². The first-order valence-corrected chi connectivity index (χ1v) is 11.8. The largest absolute Gasteiger partial charge is 0.370 e. The zero-order valence-electron chi connectivity index (χ0n) is 18.3. The van der Waals surface area contributed by atoms with Crippen molar-refractivity contribution in [3.8, 4) is 0 Å². The van der Waals surface area contributed by atoms with E-state index >= 15 is 0 Å². The van der Waals surface area contributed by atoms with Crippen LogP contribution in [-0.4, -0.2) is 48.3 Å². The van der Waals surface area contributed by atoms with Gasteiger partial charge in [0.25, 0.3) is 11.8 Å². The van der Waals surface area contributed by atoms with Crippen molar-refractivity contribution in [1.82, 2.24) is 10.2 Å². The second-order valence-corrected chi connectivity index (χ2v) is 9.00. The van der Waals surface area contributed by atoms with E-state index in [1.807, 2.05) is 12.1 Å². The van der Waals surface area contributed by atoms with Crippen LogP contribution in [0.15, 0.2) is 30.9 Å². The molecule has 166 valence electrons. The van der Waals surface area contributed by atoms with Crippen LogP contribution in [-0.2, 0) is 4.79 Å². The van der Waals surface area contributed by atoms with Crippen molar-refractivity contribution in [3.05, 3.63) is 42.0 Å². The summed E-state index contributed by atoms with van der Waals surface area (Å²) < 4.78 is 0. The van der Waals surface area contributed by atoms with Crippen molar-refractivity contribution in [1.29, 1.82) is 0 Å². The molecule has 6 nitrogen and oxygen atoms in total. The van der Waals surface area contributed by atoms with E-state index in [1.54, 1.807) is 12.1 Å². The highest BCUT2D eigenvalue weighted by Gasteiger charge is 2.42. The molecular weight excluding hydrogens is 390 g/mol. The van der Waals surface area contributed by atoms with Gasteiger partial charge in [0.1, 0.15) is 0 Å². The number of hydrogen-bond acceptors (Lipinski definition) is 4. The summed E-state index contributed by atoms with van der Waals surface area (Å²) in [6, 6.07) is 5.57. The Labute approximate surface area is 184 Å². The van der Waals surface area contributed by atoms with Gasteiger partial charge in [-0.25, -0.2) is 0 Å². The van der Waals surface area contributed by atoms with Gasteiger partial charge in [-0.15, -0.1) is 6.58 Å². The molecule has 3 amide bonds. The molecule has 2 aliphatic heterocycles. The molecule has 1 aliphatic carbocycles. The van der Waals surface area contributed by atoms with Gasteiger partial charge < -0.3 is 10.2 Å². The number of anilines is 1. The van der Waals surface area contributed by atoms with Gasteiger partial charge in [-0.2, -0.15) is 0 Å². The Morgan fingerprint density at radius 3 is 2.52 bits per heavy atom.